The van der Waals surface area contributed by atoms with E-state index in [1.54, 1.807) is 4.68 Å². The minimum Gasteiger partial charge on any atom is -0.337 e. The van der Waals surface area contributed by atoms with Crippen LogP contribution >= 0.6 is 27.5 Å². The zero-order valence-electron chi connectivity index (χ0n) is 11.8. The minimum atomic E-state index is -0.277. The quantitative estimate of drug-likeness (QED) is 0.864. The van der Waals surface area contributed by atoms with Gasteiger partial charge < -0.3 is 5.32 Å². The Hall–Kier alpha value is -1.53. The number of aryl methyl sites for hydroxylation is 2. The van der Waals surface area contributed by atoms with Gasteiger partial charge in [-0.2, -0.15) is 5.10 Å². The van der Waals surface area contributed by atoms with E-state index in [1.165, 1.54) is 0 Å². The molecule has 1 heterocycles. The van der Waals surface area contributed by atoms with Crippen LogP contribution < -0.4 is 10.6 Å². The molecule has 0 bridgehead atoms. The number of anilines is 1. The van der Waals surface area contributed by atoms with Gasteiger partial charge in [0, 0.05) is 34.8 Å². The molecule has 0 aliphatic heterocycles. The first-order valence-corrected chi connectivity index (χ1v) is 7.62. The predicted molar refractivity (Wildman–Crippen MR) is 87.8 cm³/mol. The summed E-state index contributed by atoms with van der Waals surface area (Å²) in [6.45, 7) is 2.42. The van der Waals surface area contributed by atoms with Gasteiger partial charge in [-0.1, -0.05) is 33.6 Å². The van der Waals surface area contributed by atoms with Gasteiger partial charge in [-0.25, -0.2) is 4.79 Å². The van der Waals surface area contributed by atoms with Gasteiger partial charge >= 0.3 is 6.03 Å². The highest BCUT2D eigenvalue weighted by Crippen LogP contribution is 2.21. The summed E-state index contributed by atoms with van der Waals surface area (Å²) in [6.07, 6.45) is 0.667. The highest BCUT2D eigenvalue weighted by molar-refractivity contribution is 9.10. The zero-order valence-corrected chi connectivity index (χ0v) is 14.1. The summed E-state index contributed by atoms with van der Waals surface area (Å²) in [6, 6.07) is 7.24. The van der Waals surface area contributed by atoms with Gasteiger partial charge in [0.25, 0.3) is 0 Å². The van der Waals surface area contributed by atoms with Crippen LogP contribution in [-0.2, 0) is 13.5 Å². The summed E-state index contributed by atoms with van der Waals surface area (Å²) >= 11 is 9.48. The van der Waals surface area contributed by atoms with Crippen molar-refractivity contribution in [2.24, 2.45) is 7.05 Å². The van der Waals surface area contributed by atoms with Crippen molar-refractivity contribution in [3.8, 4) is 0 Å². The number of carbonyl (C=O) groups is 1. The Labute approximate surface area is 136 Å². The molecule has 0 saturated heterocycles. The van der Waals surface area contributed by atoms with E-state index in [4.69, 9.17) is 11.6 Å². The van der Waals surface area contributed by atoms with E-state index in [1.807, 2.05) is 38.2 Å². The van der Waals surface area contributed by atoms with E-state index in [9.17, 15) is 4.79 Å². The number of nitrogens with one attached hydrogen (secondary N) is 2. The smallest absolute Gasteiger partial charge is 0.320 e. The molecule has 1 aromatic carbocycles. The molecule has 2 aromatic rings. The average molecular weight is 372 g/mol. The van der Waals surface area contributed by atoms with Gasteiger partial charge in [-0.15, -0.1) is 0 Å². The lowest BCUT2D eigenvalue weighted by molar-refractivity contribution is 0.252. The maximum Gasteiger partial charge on any atom is 0.320 e. The number of urea groups is 1. The fraction of sp³-hybridized carbons (Fsp3) is 0.286. The number of amides is 2. The molecule has 2 rings (SSSR count). The second-order valence-electron chi connectivity index (χ2n) is 4.66. The lowest BCUT2D eigenvalue weighted by atomic mass is 10.1. The number of hydrogen-bond acceptors (Lipinski definition) is 2. The summed E-state index contributed by atoms with van der Waals surface area (Å²) in [5, 5.41) is 10.3. The van der Waals surface area contributed by atoms with Crippen molar-refractivity contribution in [2.45, 2.75) is 13.3 Å². The van der Waals surface area contributed by atoms with E-state index in [2.05, 4.69) is 31.7 Å². The second-order valence-corrected chi connectivity index (χ2v) is 5.98. The molecular formula is C14H16BrClN4O. The van der Waals surface area contributed by atoms with E-state index in [0.717, 1.165) is 15.7 Å². The Morgan fingerprint density at radius 3 is 2.81 bits per heavy atom. The lowest BCUT2D eigenvalue weighted by Gasteiger charge is -2.07. The fourth-order valence-electron chi connectivity index (χ4n) is 1.82. The monoisotopic (exact) mass is 370 g/mol. The molecule has 0 atom stereocenters. The molecule has 2 amide bonds. The third-order valence-electron chi connectivity index (χ3n) is 3.05. The van der Waals surface area contributed by atoms with Gasteiger partial charge in [0.2, 0.25) is 0 Å². The predicted octanol–water partition coefficient (Wildman–Crippen LogP) is 3.51. The Morgan fingerprint density at radius 1 is 1.43 bits per heavy atom. The molecule has 0 aliphatic rings. The maximum atomic E-state index is 11.8. The van der Waals surface area contributed by atoms with Crippen molar-refractivity contribution < 1.29 is 4.79 Å². The Kier molecular flexibility index (Phi) is 5.25. The number of hydrogen-bond donors (Lipinski definition) is 2. The second kappa shape index (κ2) is 6.95. The third-order valence-corrected chi connectivity index (χ3v) is 3.90. The van der Waals surface area contributed by atoms with Crippen molar-refractivity contribution >= 4 is 39.4 Å². The molecule has 112 valence electrons. The number of carbonyl (C=O) groups excluding carboxylic acids is 1. The van der Waals surface area contributed by atoms with Crippen molar-refractivity contribution in [2.75, 3.05) is 11.9 Å². The number of nitrogens with zero attached hydrogens (tertiary/aromatic N) is 2. The van der Waals surface area contributed by atoms with E-state index in [0.29, 0.717) is 23.8 Å². The molecule has 21 heavy (non-hydrogen) atoms. The Morgan fingerprint density at radius 2 is 2.19 bits per heavy atom. The summed E-state index contributed by atoms with van der Waals surface area (Å²) in [7, 11) is 1.83. The van der Waals surface area contributed by atoms with Gasteiger partial charge in [-0.05, 0) is 31.0 Å². The summed E-state index contributed by atoms with van der Waals surface area (Å²) < 4.78 is 2.64. The zero-order chi connectivity index (χ0) is 15.4. The van der Waals surface area contributed by atoms with Crippen molar-refractivity contribution in [1.29, 1.82) is 0 Å². The fourth-order valence-corrected chi connectivity index (χ4v) is 2.59. The highest BCUT2D eigenvalue weighted by Gasteiger charge is 2.06. The molecule has 0 spiro atoms. The molecular weight excluding hydrogens is 356 g/mol. The number of halogens is 2. The molecule has 0 fully saturated rings. The van der Waals surface area contributed by atoms with Crippen LogP contribution in [0.15, 0.2) is 28.7 Å². The number of aromatic nitrogens is 2. The van der Waals surface area contributed by atoms with Crippen molar-refractivity contribution in [3.63, 3.8) is 0 Å². The first-order chi connectivity index (χ1) is 9.95. The lowest BCUT2D eigenvalue weighted by Crippen LogP contribution is -2.30. The first-order valence-electron chi connectivity index (χ1n) is 6.45. The van der Waals surface area contributed by atoms with Crippen molar-refractivity contribution in [1.82, 2.24) is 15.1 Å². The minimum absolute atomic E-state index is 0.277. The molecule has 0 radical (unpaired) electrons. The molecule has 1 aromatic heterocycles. The van der Waals surface area contributed by atoms with Gasteiger partial charge in [0.15, 0.2) is 5.82 Å². The molecule has 5 nitrogen and oxygen atoms in total. The topological polar surface area (TPSA) is 59.0 Å². The van der Waals surface area contributed by atoms with Crippen LogP contribution in [-0.4, -0.2) is 22.4 Å². The number of rotatable bonds is 4. The maximum absolute atomic E-state index is 11.8. The van der Waals surface area contributed by atoms with Crippen LogP contribution in [0, 0.1) is 6.92 Å². The SMILES string of the molecule is Cc1cc(NC(=O)NCCc2ccc(Br)cc2Cl)nn1C. The largest absolute Gasteiger partial charge is 0.337 e. The van der Waals surface area contributed by atoms with Gasteiger partial charge in [0.05, 0.1) is 0 Å². The Bertz CT molecular complexity index is 637. The molecule has 0 unspecified atom stereocenters. The van der Waals surface area contributed by atoms with Crippen molar-refractivity contribution in [3.05, 3.63) is 45.0 Å². The van der Waals surface area contributed by atoms with Gasteiger partial charge in [0.1, 0.15) is 0 Å². The van der Waals surface area contributed by atoms with E-state index >= 15 is 0 Å². The Balaban J connectivity index is 1.81. The van der Waals surface area contributed by atoms with E-state index in [-0.39, 0.29) is 6.03 Å². The normalized spacial score (nSPS) is 10.5. The van der Waals surface area contributed by atoms with Crippen LogP contribution in [0.4, 0.5) is 10.6 Å². The van der Waals surface area contributed by atoms with Crippen LogP contribution in [0.5, 0.6) is 0 Å². The third kappa shape index (κ3) is 4.47. The molecule has 7 heteroatoms. The summed E-state index contributed by atoms with van der Waals surface area (Å²) in [5.74, 6) is 0.536. The number of benzene rings is 1. The highest BCUT2D eigenvalue weighted by atomic mass is 79.9. The van der Waals surface area contributed by atoms with Crippen LogP contribution in [0.25, 0.3) is 0 Å². The van der Waals surface area contributed by atoms with Crippen LogP contribution in [0.1, 0.15) is 11.3 Å². The van der Waals surface area contributed by atoms with E-state index < -0.39 is 0 Å². The van der Waals surface area contributed by atoms with Gasteiger partial charge in [-0.3, -0.25) is 10.00 Å². The molecule has 2 N–H and O–H groups in total. The standard InChI is InChI=1S/C14H16BrClN4O/c1-9-7-13(19-20(9)2)18-14(21)17-6-5-10-3-4-11(15)8-12(10)16/h3-4,7-8H,5-6H2,1-2H3,(H2,17,18,19,21). The van der Waals surface area contributed by atoms with Crippen LogP contribution in [0.3, 0.4) is 0 Å². The molecule has 0 saturated carbocycles. The van der Waals surface area contributed by atoms with Crippen LogP contribution in [0.2, 0.25) is 5.02 Å². The average Bonchev–Trinajstić information content (AvgIpc) is 2.71. The molecule has 0 aliphatic carbocycles. The first kappa shape index (κ1) is 15.9. The summed E-state index contributed by atoms with van der Waals surface area (Å²) in [5.41, 5.74) is 1.97. The summed E-state index contributed by atoms with van der Waals surface area (Å²) in [4.78, 5) is 11.8.